The summed E-state index contributed by atoms with van der Waals surface area (Å²) >= 11 is 5.81. The van der Waals surface area contributed by atoms with Gasteiger partial charge in [0.1, 0.15) is 5.56 Å². The summed E-state index contributed by atoms with van der Waals surface area (Å²) in [6, 6.07) is 4.48. The Morgan fingerprint density at radius 2 is 2.17 bits per heavy atom. The van der Waals surface area contributed by atoms with Crippen molar-refractivity contribution in [3.05, 3.63) is 39.4 Å². The van der Waals surface area contributed by atoms with Crippen molar-refractivity contribution < 1.29 is 9.72 Å². The number of aryl methyl sites for hydroxylation is 1. The molecular weight excluding hydrogens is 256 g/mol. The van der Waals surface area contributed by atoms with Gasteiger partial charge in [-0.3, -0.25) is 14.9 Å². The molecule has 1 aromatic carbocycles. The van der Waals surface area contributed by atoms with E-state index in [1.807, 2.05) is 0 Å². The first-order valence-corrected chi connectivity index (χ1v) is 5.91. The van der Waals surface area contributed by atoms with Gasteiger partial charge in [-0.15, -0.1) is 11.6 Å². The second-order valence-electron chi connectivity index (χ2n) is 4.24. The summed E-state index contributed by atoms with van der Waals surface area (Å²) < 4.78 is 0. The summed E-state index contributed by atoms with van der Waals surface area (Å²) in [5.74, 6) is -0.391. The van der Waals surface area contributed by atoms with Gasteiger partial charge in [0.05, 0.1) is 4.92 Å². The van der Waals surface area contributed by atoms with Gasteiger partial charge in [-0.2, -0.15) is 0 Å². The zero-order valence-corrected chi connectivity index (χ0v) is 11.3. The van der Waals surface area contributed by atoms with E-state index in [1.165, 1.54) is 17.0 Å². The van der Waals surface area contributed by atoms with Crippen molar-refractivity contribution in [2.45, 2.75) is 19.2 Å². The number of halogens is 1. The van der Waals surface area contributed by atoms with Crippen LogP contribution in [0.2, 0.25) is 0 Å². The minimum Gasteiger partial charge on any atom is -0.340 e. The van der Waals surface area contributed by atoms with Gasteiger partial charge in [-0.25, -0.2) is 0 Å². The van der Waals surface area contributed by atoms with Gasteiger partial charge < -0.3 is 4.90 Å². The normalized spacial score (nSPS) is 12.0. The fourth-order valence-corrected chi connectivity index (χ4v) is 1.85. The molecule has 0 radical (unpaired) electrons. The van der Waals surface area contributed by atoms with Crippen molar-refractivity contribution in [3.8, 4) is 0 Å². The summed E-state index contributed by atoms with van der Waals surface area (Å²) in [5.41, 5.74) is 0.718. The van der Waals surface area contributed by atoms with Crippen molar-refractivity contribution in [2.75, 3.05) is 13.6 Å². The standard InChI is InChI=1S/C12H15ClN2O3/c1-8-4-5-11(15(17)18)10(6-8)12(16)14(3)7-9(2)13/h4-6,9H,7H2,1-3H3. The molecule has 1 amide bonds. The summed E-state index contributed by atoms with van der Waals surface area (Å²) in [6.07, 6.45) is 0. The molecule has 0 spiro atoms. The number of carbonyl (C=O) groups excluding carboxylic acids is 1. The first-order valence-electron chi connectivity index (χ1n) is 5.47. The Morgan fingerprint density at radius 3 is 2.67 bits per heavy atom. The van der Waals surface area contributed by atoms with E-state index in [1.54, 1.807) is 27.0 Å². The van der Waals surface area contributed by atoms with Crippen LogP contribution < -0.4 is 0 Å². The van der Waals surface area contributed by atoms with E-state index in [-0.39, 0.29) is 16.6 Å². The molecule has 98 valence electrons. The maximum absolute atomic E-state index is 12.1. The zero-order chi connectivity index (χ0) is 13.9. The van der Waals surface area contributed by atoms with Gasteiger partial charge in [0.2, 0.25) is 0 Å². The van der Waals surface area contributed by atoms with Crippen LogP contribution in [0.15, 0.2) is 18.2 Å². The molecule has 0 fully saturated rings. The summed E-state index contributed by atoms with van der Waals surface area (Å²) in [6.45, 7) is 3.88. The van der Waals surface area contributed by atoms with Gasteiger partial charge >= 0.3 is 0 Å². The van der Waals surface area contributed by atoms with Crippen LogP contribution in [0, 0.1) is 17.0 Å². The predicted octanol–water partition coefficient (Wildman–Crippen LogP) is 2.60. The third-order valence-corrected chi connectivity index (χ3v) is 2.59. The number of nitro benzene ring substituents is 1. The highest BCUT2D eigenvalue weighted by atomic mass is 35.5. The molecule has 0 aliphatic rings. The molecule has 0 N–H and O–H groups in total. The highest BCUT2D eigenvalue weighted by molar-refractivity contribution is 6.20. The lowest BCUT2D eigenvalue weighted by Gasteiger charge is -2.18. The third-order valence-electron chi connectivity index (χ3n) is 2.45. The van der Waals surface area contributed by atoms with E-state index in [0.717, 1.165) is 5.56 Å². The predicted molar refractivity (Wildman–Crippen MR) is 70.1 cm³/mol. The summed E-state index contributed by atoms with van der Waals surface area (Å²) in [4.78, 5) is 23.8. The number of nitrogens with zero attached hydrogens (tertiary/aromatic N) is 2. The van der Waals surface area contributed by atoms with E-state index in [0.29, 0.717) is 6.54 Å². The maximum atomic E-state index is 12.1. The van der Waals surface area contributed by atoms with Crippen LogP contribution in [-0.2, 0) is 0 Å². The Morgan fingerprint density at radius 1 is 1.56 bits per heavy atom. The van der Waals surface area contributed by atoms with Gasteiger partial charge in [0, 0.05) is 25.0 Å². The number of hydrogen-bond acceptors (Lipinski definition) is 3. The Kier molecular flexibility index (Phi) is 4.67. The smallest absolute Gasteiger partial charge is 0.282 e. The van der Waals surface area contributed by atoms with Gasteiger partial charge in [0.15, 0.2) is 0 Å². The average Bonchev–Trinajstić information content (AvgIpc) is 2.26. The minimum absolute atomic E-state index is 0.0971. The molecule has 0 bridgehead atoms. The molecule has 5 nitrogen and oxygen atoms in total. The quantitative estimate of drug-likeness (QED) is 0.480. The zero-order valence-electron chi connectivity index (χ0n) is 10.5. The molecule has 18 heavy (non-hydrogen) atoms. The van der Waals surface area contributed by atoms with Crippen molar-refractivity contribution >= 4 is 23.2 Å². The molecule has 0 saturated carbocycles. The Balaban J connectivity index is 3.11. The Labute approximate surface area is 110 Å². The van der Waals surface area contributed by atoms with Gasteiger partial charge in [-0.05, 0) is 25.5 Å². The fraction of sp³-hybridized carbons (Fsp3) is 0.417. The van der Waals surface area contributed by atoms with Crippen molar-refractivity contribution in [3.63, 3.8) is 0 Å². The molecule has 1 aromatic rings. The number of amides is 1. The van der Waals surface area contributed by atoms with E-state index in [2.05, 4.69) is 0 Å². The van der Waals surface area contributed by atoms with Crippen LogP contribution in [0.5, 0.6) is 0 Å². The van der Waals surface area contributed by atoms with Crippen molar-refractivity contribution in [1.29, 1.82) is 0 Å². The van der Waals surface area contributed by atoms with Crippen molar-refractivity contribution in [1.82, 2.24) is 4.90 Å². The first kappa shape index (κ1) is 14.4. The van der Waals surface area contributed by atoms with E-state index in [9.17, 15) is 14.9 Å². The maximum Gasteiger partial charge on any atom is 0.282 e. The Hall–Kier alpha value is -1.62. The number of carbonyl (C=O) groups is 1. The monoisotopic (exact) mass is 270 g/mol. The van der Waals surface area contributed by atoms with Crippen LogP contribution >= 0.6 is 11.6 Å². The molecule has 0 saturated heterocycles. The topological polar surface area (TPSA) is 63.5 Å². The fourth-order valence-electron chi connectivity index (χ4n) is 1.65. The Bertz CT molecular complexity index is 474. The summed E-state index contributed by atoms with van der Waals surface area (Å²) in [5, 5.41) is 10.7. The first-order chi connectivity index (χ1) is 8.32. The molecule has 0 aliphatic carbocycles. The van der Waals surface area contributed by atoms with Crippen LogP contribution in [0.3, 0.4) is 0 Å². The SMILES string of the molecule is Cc1ccc([N+](=O)[O-])c(C(=O)N(C)CC(C)Cl)c1. The molecule has 0 heterocycles. The third kappa shape index (κ3) is 3.43. The largest absolute Gasteiger partial charge is 0.340 e. The molecular formula is C12H15ClN2O3. The average molecular weight is 271 g/mol. The van der Waals surface area contributed by atoms with Crippen LogP contribution in [0.25, 0.3) is 0 Å². The molecule has 0 aromatic heterocycles. The van der Waals surface area contributed by atoms with Crippen LogP contribution in [0.1, 0.15) is 22.8 Å². The number of nitro groups is 1. The number of alkyl halides is 1. The number of benzene rings is 1. The van der Waals surface area contributed by atoms with E-state index < -0.39 is 10.8 Å². The van der Waals surface area contributed by atoms with Crippen LogP contribution in [-0.4, -0.2) is 34.7 Å². The minimum atomic E-state index is -0.551. The lowest BCUT2D eigenvalue weighted by molar-refractivity contribution is -0.385. The van der Waals surface area contributed by atoms with Gasteiger partial charge in [0.25, 0.3) is 11.6 Å². The molecule has 1 rings (SSSR count). The second-order valence-corrected chi connectivity index (χ2v) is 4.99. The molecule has 1 atom stereocenters. The second kappa shape index (κ2) is 5.82. The van der Waals surface area contributed by atoms with E-state index >= 15 is 0 Å². The number of hydrogen-bond donors (Lipinski definition) is 0. The highest BCUT2D eigenvalue weighted by Gasteiger charge is 2.23. The van der Waals surface area contributed by atoms with Crippen LogP contribution in [0.4, 0.5) is 5.69 Å². The molecule has 0 aliphatic heterocycles. The highest BCUT2D eigenvalue weighted by Crippen LogP contribution is 2.21. The molecule has 1 unspecified atom stereocenters. The van der Waals surface area contributed by atoms with E-state index in [4.69, 9.17) is 11.6 Å². The summed E-state index contributed by atoms with van der Waals surface area (Å²) in [7, 11) is 1.58. The van der Waals surface area contributed by atoms with Gasteiger partial charge in [-0.1, -0.05) is 6.07 Å². The lowest BCUT2D eigenvalue weighted by atomic mass is 10.1. The number of rotatable bonds is 4. The molecule has 6 heteroatoms. The van der Waals surface area contributed by atoms with Crippen molar-refractivity contribution in [2.24, 2.45) is 0 Å². The lowest BCUT2D eigenvalue weighted by Crippen LogP contribution is -2.31.